The van der Waals surface area contributed by atoms with Crippen molar-refractivity contribution >= 4 is 5.91 Å². The third-order valence-electron chi connectivity index (χ3n) is 2.69. The Morgan fingerprint density at radius 2 is 2.17 bits per heavy atom. The van der Waals surface area contributed by atoms with Gasteiger partial charge in [0.2, 0.25) is 5.91 Å². The SMILES string of the molecule is N[C@H]1CCCC2=C1CCC(=O)N2. The molecule has 12 heavy (non-hydrogen) atoms. The van der Waals surface area contributed by atoms with Crippen LogP contribution in [0.4, 0.5) is 0 Å². The van der Waals surface area contributed by atoms with E-state index in [1.165, 1.54) is 5.57 Å². The first-order valence-electron chi connectivity index (χ1n) is 4.55. The minimum atomic E-state index is 0.155. The van der Waals surface area contributed by atoms with Crippen molar-refractivity contribution in [2.75, 3.05) is 0 Å². The second kappa shape index (κ2) is 2.90. The van der Waals surface area contributed by atoms with Gasteiger partial charge in [-0.1, -0.05) is 0 Å². The van der Waals surface area contributed by atoms with Gasteiger partial charge in [0.25, 0.3) is 0 Å². The average Bonchev–Trinajstić information content (AvgIpc) is 2.04. The van der Waals surface area contributed by atoms with E-state index in [0.717, 1.165) is 31.4 Å². The van der Waals surface area contributed by atoms with Crippen LogP contribution in [0.25, 0.3) is 0 Å². The molecular weight excluding hydrogens is 152 g/mol. The van der Waals surface area contributed by atoms with E-state index in [1.54, 1.807) is 0 Å². The Bertz CT molecular complexity index is 245. The molecule has 3 N–H and O–H groups in total. The molecule has 0 spiro atoms. The third kappa shape index (κ3) is 1.25. The molecule has 3 heteroatoms. The first kappa shape index (κ1) is 7.80. The van der Waals surface area contributed by atoms with Crippen LogP contribution in [0.1, 0.15) is 32.1 Å². The molecule has 0 bridgehead atoms. The van der Waals surface area contributed by atoms with Gasteiger partial charge in [-0.2, -0.15) is 0 Å². The fourth-order valence-corrected chi connectivity index (χ4v) is 2.02. The topological polar surface area (TPSA) is 55.1 Å². The standard InChI is InChI=1S/C9H14N2O/c10-7-2-1-3-8-6(7)4-5-9(12)11-8/h7H,1-5,10H2,(H,11,12)/t7-/m0/s1. The van der Waals surface area contributed by atoms with Gasteiger partial charge in [0.1, 0.15) is 0 Å². The highest BCUT2D eigenvalue weighted by molar-refractivity contribution is 5.79. The molecule has 3 nitrogen and oxygen atoms in total. The highest BCUT2D eigenvalue weighted by Crippen LogP contribution is 2.28. The molecule has 0 aromatic carbocycles. The van der Waals surface area contributed by atoms with Crippen molar-refractivity contribution in [3.8, 4) is 0 Å². The summed E-state index contributed by atoms with van der Waals surface area (Å²) in [5.74, 6) is 0.155. The van der Waals surface area contributed by atoms with E-state index in [2.05, 4.69) is 5.32 Å². The van der Waals surface area contributed by atoms with Crippen LogP contribution in [-0.2, 0) is 4.79 Å². The smallest absolute Gasteiger partial charge is 0.224 e. The predicted molar refractivity (Wildman–Crippen MR) is 46.2 cm³/mol. The van der Waals surface area contributed by atoms with Gasteiger partial charge in [-0.05, 0) is 31.3 Å². The maximum absolute atomic E-state index is 11.0. The monoisotopic (exact) mass is 166 g/mol. The molecule has 0 aromatic rings. The number of hydrogen-bond donors (Lipinski definition) is 2. The molecule has 1 heterocycles. The molecule has 2 rings (SSSR count). The van der Waals surface area contributed by atoms with Gasteiger partial charge in [-0.25, -0.2) is 0 Å². The lowest BCUT2D eigenvalue weighted by Crippen LogP contribution is -2.37. The number of hydrogen-bond acceptors (Lipinski definition) is 2. The van der Waals surface area contributed by atoms with Crippen LogP contribution in [0, 0.1) is 0 Å². The van der Waals surface area contributed by atoms with Crippen molar-refractivity contribution in [2.24, 2.45) is 5.73 Å². The maximum Gasteiger partial charge on any atom is 0.224 e. The number of nitrogens with one attached hydrogen (secondary N) is 1. The number of allylic oxidation sites excluding steroid dienone is 1. The normalized spacial score (nSPS) is 29.8. The van der Waals surface area contributed by atoms with E-state index in [9.17, 15) is 4.79 Å². The fraction of sp³-hybridized carbons (Fsp3) is 0.667. The number of rotatable bonds is 0. The minimum absolute atomic E-state index is 0.155. The van der Waals surface area contributed by atoms with Crippen molar-refractivity contribution in [3.63, 3.8) is 0 Å². The van der Waals surface area contributed by atoms with Crippen LogP contribution >= 0.6 is 0 Å². The first-order chi connectivity index (χ1) is 5.77. The van der Waals surface area contributed by atoms with Crippen LogP contribution in [0.2, 0.25) is 0 Å². The first-order valence-corrected chi connectivity index (χ1v) is 4.55. The lowest BCUT2D eigenvalue weighted by atomic mass is 9.87. The Morgan fingerprint density at radius 1 is 1.33 bits per heavy atom. The summed E-state index contributed by atoms with van der Waals surface area (Å²) >= 11 is 0. The molecule has 0 unspecified atom stereocenters. The molecular formula is C9H14N2O. The molecule has 0 aromatic heterocycles. The van der Waals surface area contributed by atoms with E-state index in [-0.39, 0.29) is 11.9 Å². The lowest BCUT2D eigenvalue weighted by molar-refractivity contribution is -0.120. The number of carbonyl (C=O) groups excluding carboxylic acids is 1. The van der Waals surface area contributed by atoms with E-state index in [4.69, 9.17) is 5.73 Å². The minimum Gasteiger partial charge on any atom is -0.330 e. The van der Waals surface area contributed by atoms with Gasteiger partial charge in [0.15, 0.2) is 0 Å². The molecule has 1 aliphatic carbocycles. The van der Waals surface area contributed by atoms with Crippen LogP contribution < -0.4 is 11.1 Å². The van der Waals surface area contributed by atoms with E-state index in [1.807, 2.05) is 0 Å². The summed E-state index contributed by atoms with van der Waals surface area (Å²) in [6, 6.07) is 0.203. The molecule has 0 radical (unpaired) electrons. The van der Waals surface area contributed by atoms with Gasteiger partial charge in [0.05, 0.1) is 0 Å². The van der Waals surface area contributed by atoms with Crippen molar-refractivity contribution < 1.29 is 4.79 Å². The summed E-state index contributed by atoms with van der Waals surface area (Å²) in [5.41, 5.74) is 8.33. The Labute approximate surface area is 72.0 Å². The van der Waals surface area contributed by atoms with E-state index in [0.29, 0.717) is 6.42 Å². The summed E-state index contributed by atoms with van der Waals surface area (Å²) in [7, 11) is 0. The summed E-state index contributed by atoms with van der Waals surface area (Å²) in [5, 5.41) is 2.91. The van der Waals surface area contributed by atoms with Gasteiger partial charge in [-0.3, -0.25) is 4.79 Å². The maximum atomic E-state index is 11.0. The molecule has 0 saturated carbocycles. The van der Waals surface area contributed by atoms with E-state index >= 15 is 0 Å². The largest absolute Gasteiger partial charge is 0.330 e. The predicted octanol–water partition coefficient (Wildman–Crippen LogP) is 0.662. The summed E-state index contributed by atoms with van der Waals surface area (Å²) in [6.07, 6.45) is 4.69. The molecule has 66 valence electrons. The second-order valence-electron chi connectivity index (χ2n) is 3.55. The zero-order valence-corrected chi connectivity index (χ0v) is 7.10. The Hall–Kier alpha value is -0.830. The number of amides is 1. The zero-order chi connectivity index (χ0) is 8.55. The number of nitrogens with two attached hydrogens (primary N) is 1. The zero-order valence-electron chi connectivity index (χ0n) is 7.10. The average molecular weight is 166 g/mol. The van der Waals surface area contributed by atoms with E-state index < -0.39 is 0 Å². The molecule has 2 aliphatic rings. The van der Waals surface area contributed by atoms with Crippen LogP contribution in [-0.4, -0.2) is 11.9 Å². The molecule has 0 saturated heterocycles. The van der Waals surface area contributed by atoms with Gasteiger partial charge >= 0.3 is 0 Å². The van der Waals surface area contributed by atoms with Crippen molar-refractivity contribution in [1.29, 1.82) is 0 Å². The van der Waals surface area contributed by atoms with Crippen LogP contribution in [0.15, 0.2) is 11.3 Å². The van der Waals surface area contributed by atoms with Crippen LogP contribution in [0.3, 0.4) is 0 Å². The fourth-order valence-electron chi connectivity index (χ4n) is 2.02. The summed E-state index contributed by atoms with van der Waals surface area (Å²) < 4.78 is 0. The highest BCUT2D eigenvalue weighted by atomic mass is 16.1. The quantitative estimate of drug-likeness (QED) is 0.555. The summed E-state index contributed by atoms with van der Waals surface area (Å²) in [6.45, 7) is 0. The van der Waals surface area contributed by atoms with Gasteiger partial charge < -0.3 is 11.1 Å². The van der Waals surface area contributed by atoms with Crippen LogP contribution in [0.5, 0.6) is 0 Å². The highest BCUT2D eigenvalue weighted by Gasteiger charge is 2.24. The van der Waals surface area contributed by atoms with Crippen molar-refractivity contribution in [3.05, 3.63) is 11.3 Å². The van der Waals surface area contributed by atoms with Gasteiger partial charge in [-0.15, -0.1) is 0 Å². The Kier molecular flexibility index (Phi) is 1.89. The third-order valence-corrected chi connectivity index (χ3v) is 2.69. The Morgan fingerprint density at radius 3 is 3.00 bits per heavy atom. The molecule has 1 amide bonds. The second-order valence-corrected chi connectivity index (χ2v) is 3.55. The van der Waals surface area contributed by atoms with Gasteiger partial charge in [0, 0.05) is 18.2 Å². The lowest BCUT2D eigenvalue weighted by Gasteiger charge is -2.29. The molecule has 1 aliphatic heterocycles. The van der Waals surface area contributed by atoms with Crippen molar-refractivity contribution in [1.82, 2.24) is 5.32 Å². The van der Waals surface area contributed by atoms with Crippen molar-refractivity contribution in [2.45, 2.75) is 38.1 Å². The number of carbonyl (C=O) groups is 1. The molecule has 0 fully saturated rings. The molecule has 1 atom stereocenters. The summed E-state index contributed by atoms with van der Waals surface area (Å²) in [4.78, 5) is 11.0. The Balaban J connectivity index is 2.24.